The van der Waals surface area contributed by atoms with E-state index < -0.39 is 0 Å². The van der Waals surface area contributed by atoms with Gasteiger partial charge in [-0.3, -0.25) is 0 Å². The summed E-state index contributed by atoms with van der Waals surface area (Å²) in [4.78, 5) is 2.31. The lowest BCUT2D eigenvalue weighted by molar-refractivity contribution is -0.0182. The van der Waals surface area contributed by atoms with Crippen molar-refractivity contribution in [3.8, 4) is 22.6 Å². The minimum atomic E-state index is 0.231. The highest BCUT2D eigenvalue weighted by molar-refractivity contribution is 5.71. The number of rotatable bonds is 7. The molecule has 0 radical (unpaired) electrons. The van der Waals surface area contributed by atoms with Crippen molar-refractivity contribution >= 4 is 0 Å². The molecule has 0 spiro atoms. The molecule has 1 heterocycles. The zero-order chi connectivity index (χ0) is 18.4. The van der Waals surface area contributed by atoms with Crippen molar-refractivity contribution in [1.82, 2.24) is 10.2 Å². The van der Waals surface area contributed by atoms with Crippen molar-refractivity contribution in [3.63, 3.8) is 0 Å². The average Bonchev–Trinajstić information content (AvgIpc) is 2.68. The largest absolute Gasteiger partial charge is 0.493 e. The number of ether oxygens (including phenoxy) is 3. The lowest BCUT2D eigenvalue weighted by Gasteiger charge is -2.30. The van der Waals surface area contributed by atoms with Gasteiger partial charge in [-0.25, -0.2) is 0 Å². The van der Waals surface area contributed by atoms with Gasteiger partial charge in [-0.2, -0.15) is 0 Å². The summed E-state index contributed by atoms with van der Waals surface area (Å²) in [5.74, 6) is 1.49. The molecule has 0 unspecified atom stereocenters. The molecule has 3 rings (SSSR count). The molecular formula is C21H28N2O3. The summed E-state index contributed by atoms with van der Waals surface area (Å²) in [5.41, 5.74) is 3.49. The first kappa shape index (κ1) is 18.7. The zero-order valence-electron chi connectivity index (χ0n) is 15.8. The van der Waals surface area contributed by atoms with Crippen molar-refractivity contribution in [2.24, 2.45) is 0 Å². The van der Waals surface area contributed by atoms with Gasteiger partial charge in [0.2, 0.25) is 0 Å². The van der Waals surface area contributed by atoms with Crippen LogP contribution in [-0.2, 0) is 11.3 Å². The molecule has 5 heteroatoms. The Balaban J connectivity index is 1.78. The van der Waals surface area contributed by atoms with Gasteiger partial charge in [0.15, 0.2) is 11.5 Å². The van der Waals surface area contributed by atoms with Crippen LogP contribution in [0.1, 0.15) is 5.56 Å². The van der Waals surface area contributed by atoms with Crippen molar-refractivity contribution in [2.75, 3.05) is 47.5 Å². The maximum absolute atomic E-state index is 5.83. The number of hydrogen-bond donors (Lipinski definition) is 1. The van der Waals surface area contributed by atoms with Crippen LogP contribution in [-0.4, -0.2) is 58.5 Å². The van der Waals surface area contributed by atoms with Crippen molar-refractivity contribution in [3.05, 3.63) is 48.0 Å². The summed E-state index contributed by atoms with van der Waals surface area (Å²) in [6.45, 7) is 4.34. The third-order valence-electron chi connectivity index (χ3n) is 4.72. The van der Waals surface area contributed by atoms with Crippen LogP contribution in [0, 0.1) is 0 Å². The van der Waals surface area contributed by atoms with E-state index in [0.29, 0.717) is 0 Å². The molecule has 5 nitrogen and oxygen atoms in total. The highest BCUT2D eigenvalue weighted by atomic mass is 16.5. The van der Waals surface area contributed by atoms with Gasteiger partial charge in [-0.05, 0) is 35.9 Å². The van der Waals surface area contributed by atoms with Gasteiger partial charge in [0.1, 0.15) is 0 Å². The smallest absolute Gasteiger partial charge is 0.161 e. The normalized spacial score (nSPS) is 17.9. The third kappa shape index (κ3) is 4.55. The summed E-state index contributed by atoms with van der Waals surface area (Å²) in [6, 6.07) is 14.5. The monoisotopic (exact) mass is 356 g/mol. The number of hydrogen-bond acceptors (Lipinski definition) is 5. The first-order chi connectivity index (χ1) is 12.7. The maximum Gasteiger partial charge on any atom is 0.161 e. The van der Waals surface area contributed by atoms with Crippen LogP contribution in [0.5, 0.6) is 11.5 Å². The number of benzene rings is 2. The molecular weight excluding hydrogens is 328 g/mol. The molecule has 1 saturated heterocycles. The molecule has 1 aliphatic heterocycles. The van der Waals surface area contributed by atoms with Crippen molar-refractivity contribution in [1.29, 1.82) is 0 Å². The highest BCUT2D eigenvalue weighted by Crippen LogP contribution is 2.35. The second-order valence-corrected chi connectivity index (χ2v) is 6.62. The standard InChI is InChI=1S/C21H28N2O3/c1-23-9-10-26-18(15-23)14-22-13-17-11-20(24-2)21(25-3)12-19(17)16-7-5-4-6-8-16/h4-8,11-12,18,22H,9-10,13-15H2,1-3H3/t18-/m1/s1. The fourth-order valence-electron chi connectivity index (χ4n) is 3.31. The van der Waals surface area contributed by atoms with Gasteiger partial charge in [0.05, 0.1) is 26.9 Å². The van der Waals surface area contributed by atoms with Gasteiger partial charge >= 0.3 is 0 Å². The highest BCUT2D eigenvalue weighted by Gasteiger charge is 2.18. The van der Waals surface area contributed by atoms with Gasteiger partial charge in [0, 0.05) is 26.2 Å². The summed E-state index contributed by atoms with van der Waals surface area (Å²) in [7, 11) is 5.47. The van der Waals surface area contributed by atoms with E-state index in [4.69, 9.17) is 14.2 Å². The zero-order valence-corrected chi connectivity index (χ0v) is 15.8. The number of nitrogens with one attached hydrogen (secondary N) is 1. The van der Waals surface area contributed by atoms with Gasteiger partial charge in [-0.15, -0.1) is 0 Å². The molecule has 0 bridgehead atoms. The number of morpholine rings is 1. The van der Waals surface area contributed by atoms with Crippen molar-refractivity contribution < 1.29 is 14.2 Å². The number of methoxy groups -OCH3 is 2. The summed E-state index contributed by atoms with van der Waals surface area (Å²) >= 11 is 0. The van der Waals surface area contributed by atoms with Crippen LogP contribution < -0.4 is 14.8 Å². The van der Waals surface area contributed by atoms with E-state index in [1.54, 1.807) is 14.2 Å². The SMILES string of the molecule is COc1cc(CNC[C@@H]2CN(C)CCO2)c(-c2ccccc2)cc1OC. The van der Waals surface area contributed by atoms with Crippen LogP contribution in [0.25, 0.3) is 11.1 Å². The number of nitrogens with zero attached hydrogens (tertiary/aromatic N) is 1. The molecule has 1 aliphatic rings. The minimum Gasteiger partial charge on any atom is -0.493 e. The van der Waals surface area contributed by atoms with E-state index >= 15 is 0 Å². The van der Waals surface area contributed by atoms with E-state index in [0.717, 1.165) is 49.8 Å². The first-order valence-corrected chi connectivity index (χ1v) is 9.02. The predicted molar refractivity (Wildman–Crippen MR) is 104 cm³/mol. The molecule has 1 N–H and O–H groups in total. The minimum absolute atomic E-state index is 0.231. The molecule has 2 aromatic rings. The molecule has 2 aromatic carbocycles. The molecule has 26 heavy (non-hydrogen) atoms. The molecule has 140 valence electrons. The fourth-order valence-corrected chi connectivity index (χ4v) is 3.31. The van der Waals surface area contributed by atoms with E-state index in [-0.39, 0.29) is 6.10 Å². The van der Waals surface area contributed by atoms with Crippen LogP contribution in [0.4, 0.5) is 0 Å². The second kappa shape index (κ2) is 9.03. The summed E-state index contributed by atoms with van der Waals surface area (Å²) in [6.07, 6.45) is 0.231. The van der Waals surface area contributed by atoms with Crippen LogP contribution in [0.3, 0.4) is 0 Å². The third-order valence-corrected chi connectivity index (χ3v) is 4.72. The quantitative estimate of drug-likeness (QED) is 0.826. The Morgan fingerprint density at radius 2 is 1.85 bits per heavy atom. The molecule has 0 saturated carbocycles. The Labute approximate surface area is 155 Å². The van der Waals surface area contributed by atoms with Crippen LogP contribution >= 0.6 is 0 Å². The first-order valence-electron chi connectivity index (χ1n) is 9.02. The van der Waals surface area contributed by atoms with Gasteiger partial charge in [0.25, 0.3) is 0 Å². The van der Waals surface area contributed by atoms with Gasteiger partial charge in [-0.1, -0.05) is 30.3 Å². The average molecular weight is 356 g/mol. The Hall–Kier alpha value is -2.08. The topological polar surface area (TPSA) is 43.0 Å². The summed E-state index contributed by atoms with van der Waals surface area (Å²) < 4.78 is 16.8. The summed E-state index contributed by atoms with van der Waals surface area (Å²) in [5, 5.41) is 3.54. The van der Waals surface area contributed by atoms with E-state index in [2.05, 4.69) is 53.7 Å². The predicted octanol–water partition coefficient (Wildman–Crippen LogP) is 2.79. The molecule has 1 fully saturated rings. The van der Waals surface area contributed by atoms with E-state index in [1.807, 2.05) is 6.07 Å². The van der Waals surface area contributed by atoms with Gasteiger partial charge < -0.3 is 24.4 Å². The Bertz CT molecular complexity index is 706. The second-order valence-electron chi connectivity index (χ2n) is 6.62. The van der Waals surface area contributed by atoms with E-state index in [1.165, 1.54) is 11.1 Å². The Kier molecular flexibility index (Phi) is 6.50. The lowest BCUT2D eigenvalue weighted by Crippen LogP contribution is -2.44. The molecule has 0 aliphatic carbocycles. The molecule has 0 amide bonds. The van der Waals surface area contributed by atoms with E-state index in [9.17, 15) is 0 Å². The number of likely N-dealkylation sites (N-methyl/N-ethyl adjacent to an activating group) is 1. The lowest BCUT2D eigenvalue weighted by atomic mass is 9.98. The molecule has 0 aromatic heterocycles. The van der Waals surface area contributed by atoms with Crippen molar-refractivity contribution in [2.45, 2.75) is 12.6 Å². The Morgan fingerprint density at radius 1 is 1.12 bits per heavy atom. The van der Waals surface area contributed by atoms with Crippen LogP contribution in [0.15, 0.2) is 42.5 Å². The maximum atomic E-state index is 5.83. The Morgan fingerprint density at radius 3 is 2.54 bits per heavy atom. The molecule has 1 atom stereocenters. The van der Waals surface area contributed by atoms with Crippen LogP contribution in [0.2, 0.25) is 0 Å². The fraction of sp³-hybridized carbons (Fsp3) is 0.429.